The van der Waals surface area contributed by atoms with E-state index in [4.69, 9.17) is 9.72 Å². The van der Waals surface area contributed by atoms with Crippen LogP contribution in [-0.2, 0) is 0 Å². The van der Waals surface area contributed by atoms with Crippen LogP contribution in [0.15, 0.2) is 101 Å². The number of ether oxygens (including phenoxy) is 1. The van der Waals surface area contributed by atoms with Gasteiger partial charge in [0.1, 0.15) is 10.6 Å². The van der Waals surface area contributed by atoms with Crippen LogP contribution < -0.4 is 10.3 Å². The lowest BCUT2D eigenvalue weighted by atomic mass is 10.0. The summed E-state index contributed by atoms with van der Waals surface area (Å²) < 4.78 is 9.00. The Bertz CT molecular complexity index is 1970. The third kappa shape index (κ3) is 4.97. The van der Waals surface area contributed by atoms with Crippen molar-refractivity contribution in [1.82, 2.24) is 14.1 Å². The van der Waals surface area contributed by atoms with Gasteiger partial charge in [0.2, 0.25) is 0 Å². The van der Waals surface area contributed by atoms with Gasteiger partial charge in [-0.15, -0.1) is 11.3 Å². The van der Waals surface area contributed by atoms with Crippen LogP contribution in [0, 0.1) is 20.8 Å². The standard InChI is InChI=1S/C34H29N3O3S2/c1-21-19-28(22(2)36(21)26-15-17-27(40-4)18-16-26)29(38)20-41-34-35-32-31(33(39)37(34)25-13-9-6-10-14-25)30(23(3)42-32)24-11-7-5-8-12-24/h5-19H,20H2,1-4H3. The van der Waals surface area contributed by atoms with E-state index in [1.165, 1.54) is 23.1 Å². The quantitative estimate of drug-likeness (QED) is 0.103. The summed E-state index contributed by atoms with van der Waals surface area (Å²) in [6, 6.07) is 29.2. The molecule has 0 atom stereocenters. The lowest BCUT2D eigenvalue weighted by Crippen LogP contribution is -2.22. The van der Waals surface area contributed by atoms with Crippen molar-refractivity contribution in [3.05, 3.63) is 123 Å². The average Bonchev–Trinajstić information content (AvgIpc) is 3.51. The Labute approximate surface area is 252 Å². The van der Waals surface area contributed by atoms with Crippen molar-refractivity contribution in [3.63, 3.8) is 0 Å². The molecule has 0 N–H and O–H groups in total. The molecule has 42 heavy (non-hydrogen) atoms. The highest BCUT2D eigenvalue weighted by Crippen LogP contribution is 2.37. The molecule has 0 aliphatic rings. The van der Waals surface area contributed by atoms with E-state index in [2.05, 4.69) is 4.57 Å². The van der Waals surface area contributed by atoms with Gasteiger partial charge in [0.05, 0.1) is 23.9 Å². The Hall–Kier alpha value is -4.40. The number of benzene rings is 3. The van der Waals surface area contributed by atoms with Crippen LogP contribution in [0.1, 0.15) is 26.6 Å². The average molecular weight is 592 g/mol. The number of para-hydroxylation sites is 1. The highest BCUT2D eigenvalue weighted by molar-refractivity contribution is 7.99. The second-order valence-electron chi connectivity index (χ2n) is 9.98. The fourth-order valence-electron chi connectivity index (χ4n) is 5.38. The van der Waals surface area contributed by atoms with Gasteiger partial charge in [0.15, 0.2) is 10.9 Å². The van der Waals surface area contributed by atoms with Gasteiger partial charge in [-0.05, 0) is 68.8 Å². The number of thioether (sulfide) groups is 1. The number of carbonyl (C=O) groups is 1. The molecule has 8 heteroatoms. The van der Waals surface area contributed by atoms with Gasteiger partial charge in [-0.2, -0.15) is 0 Å². The Kier molecular flexibility index (Phi) is 7.58. The van der Waals surface area contributed by atoms with E-state index < -0.39 is 0 Å². The zero-order chi connectivity index (χ0) is 29.4. The molecule has 0 saturated heterocycles. The van der Waals surface area contributed by atoms with Crippen LogP contribution >= 0.6 is 23.1 Å². The molecule has 3 heterocycles. The number of nitrogens with zero attached hydrogens (tertiary/aromatic N) is 3. The fraction of sp³-hybridized carbons (Fsp3) is 0.147. The largest absolute Gasteiger partial charge is 0.497 e. The van der Waals surface area contributed by atoms with Gasteiger partial charge in [-0.3, -0.25) is 14.2 Å². The molecule has 3 aromatic carbocycles. The number of hydrogen-bond donors (Lipinski definition) is 0. The first-order valence-corrected chi connectivity index (χ1v) is 15.3. The third-order valence-electron chi connectivity index (χ3n) is 7.34. The Balaban J connectivity index is 1.39. The van der Waals surface area contributed by atoms with E-state index in [0.717, 1.165) is 38.8 Å². The normalized spacial score (nSPS) is 11.2. The molecule has 6 aromatic rings. The molecule has 0 bridgehead atoms. The van der Waals surface area contributed by atoms with Crippen LogP contribution in [0.2, 0.25) is 0 Å². The van der Waals surface area contributed by atoms with E-state index in [9.17, 15) is 9.59 Å². The first kappa shape index (κ1) is 27.8. The van der Waals surface area contributed by atoms with Crippen LogP contribution in [0.25, 0.3) is 32.7 Å². The summed E-state index contributed by atoms with van der Waals surface area (Å²) in [5, 5.41) is 1.10. The minimum Gasteiger partial charge on any atom is -0.497 e. The molecular formula is C34H29N3O3S2. The van der Waals surface area contributed by atoms with Gasteiger partial charge in [0.25, 0.3) is 5.56 Å². The number of ketones is 1. The highest BCUT2D eigenvalue weighted by Gasteiger charge is 2.23. The summed E-state index contributed by atoms with van der Waals surface area (Å²) in [4.78, 5) is 34.5. The van der Waals surface area contributed by atoms with Gasteiger partial charge in [0, 0.05) is 33.1 Å². The van der Waals surface area contributed by atoms with Crippen molar-refractivity contribution in [3.8, 4) is 28.3 Å². The molecule has 0 amide bonds. The van der Waals surface area contributed by atoms with Gasteiger partial charge in [-0.1, -0.05) is 60.3 Å². The smallest absolute Gasteiger partial charge is 0.268 e. The van der Waals surface area contributed by atoms with Crippen molar-refractivity contribution in [2.24, 2.45) is 0 Å². The van der Waals surface area contributed by atoms with Gasteiger partial charge in [-0.25, -0.2) is 4.98 Å². The zero-order valence-corrected chi connectivity index (χ0v) is 25.4. The minimum atomic E-state index is -0.137. The number of methoxy groups -OCH3 is 1. The topological polar surface area (TPSA) is 66.1 Å². The monoisotopic (exact) mass is 591 g/mol. The molecule has 0 saturated carbocycles. The molecule has 210 valence electrons. The maximum Gasteiger partial charge on any atom is 0.268 e. The number of aryl methyl sites for hydroxylation is 2. The molecular weight excluding hydrogens is 563 g/mol. The molecule has 0 aliphatic heterocycles. The SMILES string of the molecule is COc1ccc(-n2c(C)cc(C(=O)CSc3nc4sc(C)c(-c5ccccc5)c4c(=O)n3-c3ccccc3)c2C)cc1. The van der Waals surface area contributed by atoms with Crippen molar-refractivity contribution < 1.29 is 9.53 Å². The van der Waals surface area contributed by atoms with Crippen molar-refractivity contribution >= 4 is 39.1 Å². The summed E-state index contributed by atoms with van der Waals surface area (Å²) in [6.07, 6.45) is 0. The van der Waals surface area contributed by atoms with Crippen molar-refractivity contribution in [2.75, 3.05) is 12.9 Å². The molecule has 6 rings (SSSR count). The van der Waals surface area contributed by atoms with Gasteiger partial charge >= 0.3 is 0 Å². The Morgan fingerprint density at radius 1 is 0.881 bits per heavy atom. The predicted molar refractivity (Wildman–Crippen MR) is 172 cm³/mol. The number of aromatic nitrogens is 3. The predicted octanol–water partition coefficient (Wildman–Crippen LogP) is 7.81. The lowest BCUT2D eigenvalue weighted by molar-refractivity contribution is 0.102. The van der Waals surface area contributed by atoms with Gasteiger partial charge < -0.3 is 9.30 Å². The molecule has 0 fully saturated rings. The van der Waals surface area contributed by atoms with E-state index in [1.54, 1.807) is 11.7 Å². The Morgan fingerprint density at radius 2 is 1.52 bits per heavy atom. The highest BCUT2D eigenvalue weighted by atomic mass is 32.2. The summed E-state index contributed by atoms with van der Waals surface area (Å²) in [6.45, 7) is 5.97. The van der Waals surface area contributed by atoms with E-state index in [-0.39, 0.29) is 17.1 Å². The van der Waals surface area contributed by atoms with E-state index in [1.807, 2.05) is 112 Å². The number of carbonyl (C=O) groups excluding carboxylic acids is 1. The number of rotatable bonds is 8. The number of hydrogen-bond acceptors (Lipinski definition) is 6. The second kappa shape index (κ2) is 11.5. The lowest BCUT2D eigenvalue weighted by Gasteiger charge is -2.13. The van der Waals surface area contributed by atoms with Crippen molar-refractivity contribution in [1.29, 1.82) is 0 Å². The van der Waals surface area contributed by atoms with Crippen LogP contribution in [0.3, 0.4) is 0 Å². The molecule has 3 aromatic heterocycles. The van der Waals surface area contributed by atoms with Crippen LogP contribution in [0.5, 0.6) is 5.75 Å². The molecule has 0 radical (unpaired) electrons. The fourth-order valence-corrected chi connectivity index (χ4v) is 7.36. The third-order valence-corrected chi connectivity index (χ3v) is 9.28. The maximum absolute atomic E-state index is 14.2. The van der Waals surface area contributed by atoms with E-state index >= 15 is 0 Å². The first-order chi connectivity index (χ1) is 20.4. The maximum atomic E-state index is 14.2. The molecule has 0 aliphatic carbocycles. The van der Waals surface area contributed by atoms with Crippen LogP contribution in [-0.4, -0.2) is 32.8 Å². The number of fused-ring (bicyclic) bond motifs is 1. The Morgan fingerprint density at radius 3 is 2.19 bits per heavy atom. The molecule has 6 nitrogen and oxygen atoms in total. The summed E-state index contributed by atoms with van der Waals surface area (Å²) in [5.41, 5.74) is 5.94. The second-order valence-corrected chi connectivity index (χ2v) is 12.1. The number of Topliss-reactive ketones (excluding diaryl/α,β-unsaturated/α-hetero) is 1. The summed E-state index contributed by atoms with van der Waals surface area (Å²) in [7, 11) is 1.64. The zero-order valence-electron chi connectivity index (χ0n) is 23.8. The van der Waals surface area contributed by atoms with Crippen LogP contribution in [0.4, 0.5) is 0 Å². The minimum absolute atomic E-state index is 0.0193. The first-order valence-electron chi connectivity index (χ1n) is 13.5. The summed E-state index contributed by atoms with van der Waals surface area (Å²) >= 11 is 2.80. The molecule has 0 unspecified atom stereocenters. The molecule has 0 spiro atoms. The number of thiophene rings is 1. The van der Waals surface area contributed by atoms with E-state index in [0.29, 0.717) is 26.6 Å². The summed E-state index contributed by atoms with van der Waals surface area (Å²) in [5.74, 6) is 0.905. The van der Waals surface area contributed by atoms with Crippen molar-refractivity contribution in [2.45, 2.75) is 25.9 Å².